The highest BCUT2D eigenvalue weighted by Crippen LogP contribution is 2.37. The molecule has 22 heteroatoms. The lowest BCUT2D eigenvalue weighted by molar-refractivity contribution is -0.143. The molecule has 0 aromatic heterocycles. The Balaban J connectivity index is 5.31. The van der Waals surface area contributed by atoms with Crippen molar-refractivity contribution in [1.82, 2.24) is 10.6 Å². The second-order valence-corrected chi connectivity index (χ2v) is 9.14. The summed E-state index contributed by atoms with van der Waals surface area (Å²) in [5.74, 6) is -4.64. The van der Waals surface area contributed by atoms with Gasteiger partial charge in [-0.3, -0.25) is 23.2 Å². The van der Waals surface area contributed by atoms with E-state index in [9.17, 15) is 28.1 Å². The summed E-state index contributed by atoms with van der Waals surface area (Å²) in [7, 11) is -15.3. The van der Waals surface area contributed by atoms with Crippen LogP contribution < -0.4 is 16.4 Å². The van der Waals surface area contributed by atoms with E-state index in [0.29, 0.717) is 0 Å². The Morgan fingerprint density at radius 1 is 0.710 bits per heavy atom. The second kappa shape index (κ2) is 12.1. The van der Waals surface area contributed by atoms with Crippen molar-refractivity contribution in [2.75, 3.05) is 19.8 Å². The van der Waals surface area contributed by atoms with Gasteiger partial charge < -0.3 is 50.8 Å². The minimum Gasteiger partial charge on any atom is -0.480 e. The van der Waals surface area contributed by atoms with Crippen LogP contribution >= 0.6 is 23.5 Å². The average molecular weight is 519 g/mol. The van der Waals surface area contributed by atoms with Crippen LogP contribution in [0.2, 0.25) is 0 Å². The fraction of sp³-hybridized carbons (Fsp3) is 0.667. The van der Waals surface area contributed by atoms with Crippen molar-refractivity contribution in [3.8, 4) is 0 Å². The average Bonchev–Trinajstić information content (AvgIpc) is 2.56. The van der Waals surface area contributed by atoms with E-state index in [1.165, 1.54) is 0 Å². The van der Waals surface area contributed by atoms with Gasteiger partial charge in [-0.2, -0.15) is 0 Å². The summed E-state index contributed by atoms with van der Waals surface area (Å²) in [5.41, 5.74) is 5.29. The molecule has 0 radical (unpaired) electrons. The summed E-state index contributed by atoms with van der Waals surface area (Å²) in [5, 5.41) is 12.4. The number of nitrogens with one attached hydrogen (secondary N) is 2. The molecule has 0 aliphatic heterocycles. The van der Waals surface area contributed by atoms with Gasteiger partial charge in [-0.25, -0.2) is 18.5 Å². The number of carboxylic acid groups (broad SMARTS) is 1. The lowest BCUT2D eigenvalue weighted by Crippen LogP contribution is -2.57. The normalized spacial score (nSPS) is 15.6. The highest BCUT2D eigenvalue weighted by Gasteiger charge is 2.32. The summed E-state index contributed by atoms with van der Waals surface area (Å²) in [6.45, 7) is -3.52. The van der Waals surface area contributed by atoms with Crippen LogP contribution in [0.25, 0.3) is 0 Å². The topological polar surface area (TPSA) is 322 Å². The number of carbonyl (C=O) groups excluding carboxylic acids is 2. The third-order valence-electron chi connectivity index (χ3n) is 2.83. The van der Waals surface area contributed by atoms with Crippen molar-refractivity contribution in [3.05, 3.63) is 0 Å². The third kappa shape index (κ3) is 15.2. The molecule has 3 atom stereocenters. The number of aliphatic carboxylic acids is 1. The number of amides is 2. The number of carbonyl (C=O) groups is 3. The van der Waals surface area contributed by atoms with E-state index in [0.717, 1.165) is 0 Å². The fourth-order valence-electron chi connectivity index (χ4n) is 1.51. The number of hydrogen-bond donors (Lipinski definition) is 10. The molecule has 0 aliphatic carbocycles. The van der Waals surface area contributed by atoms with Crippen molar-refractivity contribution in [2.45, 2.75) is 18.1 Å². The van der Waals surface area contributed by atoms with Gasteiger partial charge in [0.25, 0.3) is 0 Å². The van der Waals surface area contributed by atoms with Crippen LogP contribution in [0, 0.1) is 0 Å². The van der Waals surface area contributed by atoms with Crippen LogP contribution in [0.1, 0.15) is 0 Å². The van der Waals surface area contributed by atoms with E-state index < -0.39 is 79.2 Å². The minimum atomic E-state index is -5.18. The first-order valence-electron chi connectivity index (χ1n) is 7.50. The molecular formula is C9H20N3O16P3. The molecule has 19 nitrogen and oxygen atoms in total. The molecule has 0 aliphatic rings. The first kappa shape index (κ1) is 29.7. The Hall–Kier alpha value is -1.30. The van der Waals surface area contributed by atoms with E-state index >= 15 is 0 Å². The maximum Gasteiger partial charge on any atom is 0.469 e. The molecule has 182 valence electrons. The lowest BCUT2D eigenvalue weighted by Gasteiger charge is -2.23. The second-order valence-electron chi connectivity index (χ2n) is 5.43. The summed E-state index contributed by atoms with van der Waals surface area (Å²) < 4.78 is 44.1. The first-order chi connectivity index (χ1) is 13.8. The standard InChI is InChI=1S/C9H20N3O16P3/c10-4(1-26-29(17,18)19)7(13)11-5(2-27-30(20,21)22)8(14)12-6(9(15)16)3-28-31(23,24)25/h4-6H,1-3,10H2,(H,11,13)(H,12,14)(H,15,16)(H2,17,18,19)(H2,20,21,22)(H2,23,24,25)/t4-,5-,6-/m0/s1. The molecule has 31 heavy (non-hydrogen) atoms. The first-order valence-corrected chi connectivity index (χ1v) is 12.1. The third-order valence-corrected chi connectivity index (χ3v) is 4.28. The van der Waals surface area contributed by atoms with Crippen molar-refractivity contribution in [2.24, 2.45) is 5.73 Å². The molecule has 0 bridgehead atoms. The van der Waals surface area contributed by atoms with Gasteiger partial charge in [0.2, 0.25) is 11.8 Å². The quantitative estimate of drug-likeness (QED) is 0.0970. The molecule has 0 rings (SSSR count). The van der Waals surface area contributed by atoms with Crippen molar-refractivity contribution < 1.29 is 76.1 Å². The van der Waals surface area contributed by atoms with Crippen LogP contribution in [0.4, 0.5) is 0 Å². The van der Waals surface area contributed by atoms with E-state index in [1.807, 2.05) is 0 Å². The van der Waals surface area contributed by atoms with Gasteiger partial charge in [0, 0.05) is 0 Å². The van der Waals surface area contributed by atoms with Gasteiger partial charge in [-0.1, -0.05) is 0 Å². The highest BCUT2D eigenvalue weighted by atomic mass is 31.2. The van der Waals surface area contributed by atoms with Crippen LogP contribution in [0.15, 0.2) is 0 Å². The van der Waals surface area contributed by atoms with Gasteiger partial charge in [0.15, 0.2) is 6.04 Å². The molecule has 2 amide bonds. The number of carboxylic acids is 1. The summed E-state index contributed by atoms with van der Waals surface area (Å²) >= 11 is 0. The number of phosphoric acid groups is 3. The van der Waals surface area contributed by atoms with Crippen LogP contribution in [-0.2, 0) is 41.6 Å². The van der Waals surface area contributed by atoms with Crippen LogP contribution in [0.3, 0.4) is 0 Å². The van der Waals surface area contributed by atoms with E-state index in [2.05, 4.69) is 13.6 Å². The number of hydrogen-bond acceptors (Lipinski definition) is 10. The van der Waals surface area contributed by atoms with Crippen LogP contribution in [0.5, 0.6) is 0 Å². The SMILES string of the molecule is N[C@@H](COP(=O)(O)O)C(=O)N[C@@H](COP(=O)(O)O)C(=O)N[C@@H](COP(=O)(O)O)C(=O)O. The number of rotatable bonds is 14. The smallest absolute Gasteiger partial charge is 0.469 e. The Kier molecular flexibility index (Phi) is 11.6. The number of phosphoric ester groups is 3. The Labute approximate surface area is 172 Å². The minimum absolute atomic E-state index is 1.04. The van der Waals surface area contributed by atoms with Crippen LogP contribution in [-0.4, -0.2) is 90.2 Å². The lowest BCUT2D eigenvalue weighted by atomic mass is 10.2. The molecule has 11 N–H and O–H groups in total. The number of nitrogens with two attached hydrogens (primary N) is 1. The Morgan fingerprint density at radius 2 is 1.06 bits per heavy atom. The van der Waals surface area contributed by atoms with Crippen molar-refractivity contribution >= 4 is 41.3 Å². The Bertz CT molecular complexity index is 786. The summed E-state index contributed by atoms with van der Waals surface area (Å²) in [6, 6.07) is -5.91. The zero-order chi connectivity index (χ0) is 24.6. The molecule has 0 unspecified atom stereocenters. The molecule has 0 aromatic rings. The van der Waals surface area contributed by atoms with E-state index in [1.54, 1.807) is 10.6 Å². The molecule has 0 fully saturated rings. The maximum atomic E-state index is 12.2. The highest BCUT2D eigenvalue weighted by molar-refractivity contribution is 7.46. The molecule has 0 heterocycles. The Morgan fingerprint density at radius 3 is 1.45 bits per heavy atom. The molecule has 0 saturated carbocycles. The molecule has 0 spiro atoms. The zero-order valence-electron chi connectivity index (χ0n) is 15.1. The predicted octanol–water partition coefficient (Wildman–Crippen LogP) is -4.30. The van der Waals surface area contributed by atoms with Gasteiger partial charge in [0.05, 0.1) is 19.8 Å². The summed E-state index contributed by atoms with van der Waals surface area (Å²) in [4.78, 5) is 87.0. The predicted molar refractivity (Wildman–Crippen MR) is 93.5 cm³/mol. The largest absolute Gasteiger partial charge is 0.480 e. The van der Waals surface area contributed by atoms with Crippen molar-refractivity contribution in [1.29, 1.82) is 0 Å². The molecule has 0 saturated heterocycles. The van der Waals surface area contributed by atoms with Gasteiger partial charge in [-0.05, 0) is 0 Å². The summed E-state index contributed by atoms with van der Waals surface area (Å²) in [6.07, 6.45) is 0. The van der Waals surface area contributed by atoms with E-state index in [-0.39, 0.29) is 0 Å². The molecular weight excluding hydrogens is 499 g/mol. The molecule has 0 aromatic carbocycles. The van der Waals surface area contributed by atoms with Gasteiger partial charge >= 0.3 is 29.4 Å². The van der Waals surface area contributed by atoms with Crippen molar-refractivity contribution in [3.63, 3.8) is 0 Å². The van der Waals surface area contributed by atoms with Gasteiger partial charge in [-0.15, -0.1) is 0 Å². The fourth-order valence-corrected chi connectivity index (χ4v) is 2.55. The maximum absolute atomic E-state index is 12.2. The zero-order valence-corrected chi connectivity index (χ0v) is 17.8. The van der Waals surface area contributed by atoms with Gasteiger partial charge in [0.1, 0.15) is 12.1 Å². The van der Waals surface area contributed by atoms with E-state index in [4.69, 9.17) is 40.2 Å². The monoisotopic (exact) mass is 519 g/mol.